The minimum Gasteiger partial charge on any atom is -0.493 e. The van der Waals surface area contributed by atoms with Gasteiger partial charge in [-0.3, -0.25) is 4.99 Å². The molecule has 0 radical (unpaired) electrons. The lowest BCUT2D eigenvalue weighted by atomic mass is 10.2. The second kappa shape index (κ2) is 7.33. The fourth-order valence-electron chi connectivity index (χ4n) is 2.18. The summed E-state index contributed by atoms with van der Waals surface area (Å²) in [5.74, 6) is 1.06. The Kier molecular flexibility index (Phi) is 5.46. The molecule has 1 heterocycles. The third-order valence-corrected chi connectivity index (χ3v) is 3.40. The molecule has 7 heteroatoms. The number of benzene rings is 1. The zero-order valence-electron chi connectivity index (χ0n) is 13.2. The van der Waals surface area contributed by atoms with Crippen LogP contribution in [0.3, 0.4) is 0 Å². The van der Waals surface area contributed by atoms with Crippen LogP contribution in [0, 0.1) is 0 Å². The van der Waals surface area contributed by atoms with E-state index in [1.165, 1.54) is 0 Å². The van der Waals surface area contributed by atoms with Gasteiger partial charge < -0.3 is 30.0 Å². The molecule has 0 aliphatic carbocycles. The number of anilines is 1. The molecule has 0 atom stereocenters. The van der Waals surface area contributed by atoms with Crippen LogP contribution in [0.4, 0.5) is 5.69 Å². The Morgan fingerprint density at radius 2 is 1.95 bits per heavy atom. The van der Waals surface area contributed by atoms with Crippen LogP contribution in [-0.4, -0.2) is 45.7 Å². The molecule has 1 aromatic carbocycles. The number of methoxy groups -OCH3 is 2. The van der Waals surface area contributed by atoms with Gasteiger partial charge in [-0.05, 0) is 19.1 Å². The van der Waals surface area contributed by atoms with Gasteiger partial charge in [-0.1, -0.05) is 0 Å². The summed E-state index contributed by atoms with van der Waals surface area (Å²) in [5.41, 5.74) is 6.66. The number of nitrogens with one attached hydrogen (secondary N) is 1. The Balaban J connectivity index is 1.90. The predicted octanol–water partition coefficient (Wildman–Crippen LogP) is 1.58. The van der Waals surface area contributed by atoms with Crippen molar-refractivity contribution in [3.05, 3.63) is 18.2 Å². The molecule has 1 aliphatic rings. The summed E-state index contributed by atoms with van der Waals surface area (Å²) in [5, 5.41) is 3.02. The van der Waals surface area contributed by atoms with Crippen LogP contribution in [0.2, 0.25) is 0 Å². The Morgan fingerprint density at radius 1 is 1.27 bits per heavy atom. The van der Waals surface area contributed by atoms with E-state index >= 15 is 0 Å². The highest BCUT2D eigenvalue weighted by atomic mass is 16.7. The number of nitrogens with two attached hydrogens (primary N) is 1. The number of guanidine groups is 1. The molecule has 3 N–H and O–H groups in total. The number of ether oxygens (including phenoxy) is 4. The Hall–Kier alpha value is -1.99. The Bertz CT molecular complexity index is 528. The lowest BCUT2D eigenvalue weighted by molar-refractivity contribution is -0.144. The number of hydrogen-bond donors (Lipinski definition) is 2. The van der Waals surface area contributed by atoms with Crippen molar-refractivity contribution in [2.75, 3.05) is 39.3 Å². The second-order valence-corrected chi connectivity index (χ2v) is 5.04. The molecular weight excluding hydrogens is 286 g/mol. The largest absolute Gasteiger partial charge is 0.493 e. The summed E-state index contributed by atoms with van der Waals surface area (Å²) in [6.45, 7) is 3.68. The molecule has 1 aromatic rings. The van der Waals surface area contributed by atoms with Gasteiger partial charge in [0.25, 0.3) is 0 Å². The summed E-state index contributed by atoms with van der Waals surface area (Å²) >= 11 is 0. The highest BCUT2D eigenvalue weighted by Gasteiger charge is 2.30. The highest BCUT2D eigenvalue weighted by molar-refractivity contribution is 5.92. The SMILES string of the molecule is COc1ccc(NC(N)=NCCC2(C)OCCO2)cc1OC. The van der Waals surface area contributed by atoms with Crippen molar-refractivity contribution in [2.24, 2.45) is 10.7 Å². The van der Waals surface area contributed by atoms with Crippen molar-refractivity contribution < 1.29 is 18.9 Å². The van der Waals surface area contributed by atoms with E-state index in [1.807, 2.05) is 13.0 Å². The molecule has 122 valence electrons. The van der Waals surface area contributed by atoms with E-state index in [1.54, 1.807) is 26.4 Å². The fraction of sp³-hybridized carbons (Fsp3) is 0.533. The van der Waals surface area contributed by atoms with Crippen LogP contribution in [0.1, 0.15) is 13.3 Å². The van der Waals surface area contributed by atoms with E-state index in [4.69, 9.17) is 24.7 Å². The molecule has 0 spiro atoms. The number of aliphatic imine (C=N–C) groups is 1. The van der Waals surface area contributed by atoms with Gasteiger partial charge in [-0.2, -0.15) is 0 Å². The lowest BCUT2D eigenvalue weighted by Gasteiger charge is -2.20. The molecule has 0 bridgehead atoms. The average Bonchev–Trinajstić information content (AvgIpc) is 2.93. The summed E-state index contributed by atoms with van der Waals surface area (Å²) in [4.78, 5) is 4.28. The van der Waals surface area contributed by atoms with Crippen molar-refractivity contribution in [3.63, 3.8) is 0 Å². The van der Waals surface area contributed by atoms with Gasteiger partial charge in [0.05, 0.1) is 27.4 Å². The van der Waals surface area contributed by atoms with Gasteiger partial charge >= 0.3 is 0 Å². The number of nitrogens with zero attached hydrogens (tertiary/aromatic N) is 1. The van der Waals surface area contributed by atoms with Crippen molar-refractivity contribution in [1.29, 1.82) is 0 Å². The van der Waals surface area contributed by atoms with Crippen LogP contribution in [0.15, 0.2) is 23.2 Å². The normalized spacial score (nSPS) is 17.3. The average molecular weight is 309 g/mol. The van der Waals surface area contributed by atoms with Crippen molar-refractivity contribution in [1.82, 2.24) is 0 Å². The zero-order valence-corrected chi connectivity index (χ0v) is 13.2. The molecular formula is C15H23N3O4. The molecule has 0 saturated carbocycles. The maximum atomic E-state index is 5.88. The van der Waals surface area contributed by atoms with Crippen molar-refractivity contribution in [3.8, 4) is 11.5 Å². The smallest absolute Gasteiger partial charge is 0.193 e. The standard InChI is InChI=1S/C15H23N3O4/c1-15(21-8-9-22-15)6-7-17-14(16)18-11-4-5-12(19-2)13(10-11)20-3/h4-5,10H,6-9H2,1-3H3,(H3,16,17,18). The van der Waals surface area contributed by atoms with E-state index in [0.717, 1.165) is 5.69 Å². The van der Waals surface area contributed by atoms with E-state index in [0.29, 0.717) is 43.6 Å². The van der Waals surface area contributed by atoms with E-state index in [9.17, 15) is 0 Å². The lowest BCUT2D eigenvalue weighted by Crippen LogP contribution is -2.28. The van der Waals surface area contributed by atoms with Crippen LogP contribution in [0.5, 0.6) is 11.5 Å². The zero-order chi connectivity index (χ0) is 16.0. The summed E-state index contributed by atoms with van der Waals surface area (Å²) in [6, 6.07) is 5.44. The number of rotatable bonds is 6. The minimum atomic E-state index is -0.548. The molecule has 1 fully saturated rings. The highest BCUT2D eigenvalue weighted by Crippen LogP contribution is 2.29. The molecule has 0 amide bonds. The predicted molar refractivity (Wildman–Crippen MR) is 84.6 cm³/mol. The molecule has 0 unspecified atom stereocenters. The van der Waals surface area contributed by atoms with Crippen LogP contribution >= 0.6 is 0 Å². The monoisotopic (exact) mass is 309 g/mol. The first-order chi connectivity index (χ1) is 10.6. The van der Waals surface area contributed by atoms with Gasteiger partial charge in [0.2, 0.25) is 0 Å². The Labute approximate surface area is 130 Å². The van der Waals surface area contributed by atoms with Gasteiger partial charge in [-0.15, -0.1) is 0 Å². The molecule has 22 heavy (non-hydrogen) atoms. The van der Waals surface area contributed by atoms with Gasteiger partial charge in [0.1, 0.15) is 0 Å². The third kappa shape index (κ3) is 4.25. The molecule has 1 aliphatic heterocycles. The van der Waals surface area contributed by atoms with E-state index < -0.39 is 5.79 Å². The third-order valence-electron chi connectivity index (χ3n) is 3.40. The molecule has 0 aromatic heterocycles. The van der Waals surface area contributed by atoms with E-state index in [2.05, 4.69) is 10.3 Å². The summed E-state index contributed by atoms with van der Waals surface area (Å²) in [6.07, 6.45) is 0.654. The van der Waals surface area contributed by atoms with Gasteiger partial charge in [-0.25, -0.2) is 0 Å². The van der Waals surface area contributed by atoms with E-state index in [-0.39, 0.29) is 0 Å². The van der Waals surface area contributed by atoms with Crippen LogP contribution in [-0.2, 0) is 9.47 Å². The first-order valence-corrected chi connectivity index (χ1v) is 7.13. The maximum Gasteiger partial charge on any atom is 0.193 e. The van der Waals surface area contributed by atoms with Crippen molar-refractivity contribution >= 4 is 11.6 Å². The van der Waals surface area contributed by atoms with Crippen molar-refractivity contribution in [2.45, 2.75) is 19.1 Å². The first-order valence-electron chi connectivity index (χ1n) is 7.13. The second-order valence-electron chi connectivity index (χ2n) is 5.04. The quantitative estimate of drug-likeness (QED) is 0.613. The summed E-state index contributed by atoms with van der Waals surface area (Å²) in [7, 11) is 3.18. The van der Waals surface area contributed by atoms with Gasteiger partial charge in [0.15, 0.2) is 23.2 Å². The number of hydrogen-bond acceptors (Lipinski definition) is 5. The minimum absolute atomic E-state index is 0.328. The summed E-state index contributed by atoms with van der Waals surface area (Å²) < 4.78 is 21.5. The topological polar surface area (TPSA) is 87.3 Å². The maximum absolute atomic E-state index is 5.88. The molecule has 1 saturated heterocycles. The van der Waals surface area contributed by atoms with Crippen LogP contribution in [0.25, 0.3) is 0 Å². The first kappa shape index (κ1) is 16.4. The molecule has 2 rings (SSSR count). The van der Waals surface area contributed by atoms with Crippen LogP contribution < -0.4 is 20.5 Å². The molecule has 7 nitrogen and oxygen atoms in total. The van der Waals surface area contributed by atoms with Gasteiger partial charge in [0, 0.05) is 24.7 Å². The fourth-order valence-corrected chi connectivity index (χ4v) is 2.18. The Morgan fingerprint density at radius 3 is 2.59 bits per heavy atom.